The van der Waals surface area contributed by atoms with E-state index in [0.29, 0.717) is 5.56 Å². The van der Waals surface area contributed by atoms with Crippen LogP contribution in [0.2, 0.25) is 0 Å². The van der Waals surface area contributed by atoms with Crippen LogP contribution < -0.4 is 15.8 Å². The third-order valence-corrected chi connectivity index (χ3v) is 6.45. The van der Waals surface area contributed by atoms with Gasteiger partial charge in [-0.25, -0.2) is 18.2 Å². The zero-order valence-corrected chi connectivity index (χ0v) is 19.8. The predicted octanol–water partition coefficient (Wildman–Crippen LogP) is 3.75. The van der Waals surface area contributed by atoms with Crippen LogP contribution in [0.5, 0.6) is 5.75 Å². The number of halogens is 3. The number of carbonyl (C=O) groups excluding carboxylic acids is 1. The lowest BCUT2D eigenvalue weighted by molar-refractivity contribution is -0.171. The van der Waals surface area contributed by atoms with Crippen molar-refractivity contribution in [2.24, 2.45) is 5.73 Å². The van der Waals surface area contributed by atoms with Crippen LogP contribution in [0, 0.1) is 17.5 Å². The highest BCUT2D eigenvalue weighted by atomic mass is 19.1. The number of amides is 1. The first-order valence-corrected chi connectivity index (χ1v) is 11.1. The molecule has 11 heteroatoms. The van der Waals surface area contributed by atoms with Crippen molar-refractivity contribution in [3.63, 3.8) is 0 Å². The second kappa shape index (κ2) is 9.84. The zero-order valence-electron chi connectivity index (χ0n) is 19.8. The lowest BCUT2D eigenvalue weighted by atomic mass is 9.83. The van der Waals surface area contributed by atoms with Gasteiger partial charge in [0.05, 0.1) is 36.8 Å². The van der Waals surface area contributed by atoms with Gasteiger partial charge in [-0.2, -0.15) is 0 Å². The third kappa shape index (κ3) is 4.64. The number of rotatable bonds is 5. The Balaban J connectivity index is 1.65. The van der Waals surface area contributed by atoms with Gasteiger partial charge in [-0.15, -0.1) is 0 Å². The van der Waals surface area contributed by atoms with E-state index in [9.17, 15) is 23.1 Å². The molecule has 0 unspecified atom stereocenters. The molecule has 4 atom stereocenters. The standard InChI is InChI=1S/C25H25F3N4O4/c1-12-25(2,34)20(29)10-19(36-12)13-8-9-30-11-17(13)32-24(33)16-6-4-15(27)23(31-16)21-14(26)5-7-18(35-3)22(21)28/h4-9,11-12,19-20,34H,10,29H2,1-3H3,(H,32,33)/t12-,19-,20-,25-/m1/s1. The van der Waals surface area contributed by atoms with Gasteiger partial charge in [-0.1, -0.05) is 0 Å². The lowest BCUT2D eigenvalue weighted by Gasteiger charge is -2.44. The van der Waals surface area contributed by atoms with Gasteiger partial charge in [0.15, 0.2) is 11.6 Å². The number of nitrogens with two attached hydrogens (primary N) is 1. The van der Waals surface area contributed by atoms with Crippen LogP contribution in [0.4, 0.5) is 18.9 Å². The maximum absolute atomic E-state index is 14.7. The molecule has 3 heterocycles. The number of methoxy groups -OCH3 is 1. The average Bonchev–Trinajstić information content (AvgIpc) is 2.84. The molecule has 0 aliphatic carbocycles. The van der Waals surface area contributed by atoms with Crippen LogP contribution in [-0.2, 0) is 4.74 Å². The van der Waals surface area contributed by atoms with Gasteiger partial charge in [0.1, 0.15) is 28.6 Å². The van der Waals surface area contributed by atoms with Crippen molar-refractivity contribution in [3.8, 4) is 17.0 Å². The molecule has 36 heavy (non-hydrogen) atoms. The summed E-state index contributed by atoms with van der Waals surface area (Å²) in [4.78, 5) is 21.0. The number of hydrogen-bond donors (Lipinski definition) is 3. The Hall–Kier alpha value is -3.54. The summed E-state index contributed by atoms with van der Waals surface area (Å²) in [5, 5.41) is 13.2. The topological polar surface area (TPSA) is 120 Å². The fraction of sp³-hybridized carbons (Fsp3) is 0.320. The Bertz CT molecular complexity index is 1290. The molecule has 1 aromatic carbocycles. The molecule has 190 valence electrons. The summed E-state index contributed by atoms with van der Waals surface area (Å²) in [7, 11) is 1.18. The van der Waals surface area contributed by atoms with Crippen molar-refractivity contribution in [2.45, 2.75) is 44.1 Å². The highest BCUT2D eigenvalue weighted by Gasteiger charge is 2.43. The molecule has 8 nitrogen and oxygen atoms in total. The molecule has 4 N–H and O–H groups in total. The number of hydrogen-bond acceptors (Lipinski definition) is 7. The van der Waals surface area contributed by atoms with Crippen molar-refractivity contribution in [1.82, 2.24) is 9.97 Å². The van der Waals surface area contributed by atoms with Crippen LogP contribution in [0.1, 0.15) is 42.4 Å². The SMILES string of the molecule is COc1ccc(F)c(-c2nc(C(=O)Nc3cnccc3[C@H]3C[C@@H](N)[C@](C)(O)[C@@H](C)O3)ccc2F)c1F. The Morgan fingerprint density at radius 3 is 2.64 bits per heavy atom. The van der Waals surface area contributed by atoms with E-state index in [1.165, 1.54) is 19.5 Å². The van der Waals surface area contributed by atoms with Gasteiger partial charge < -0.3 is 25.6 Å². The van der Waals surface area contributed by atoms with Crippen molar-refractivity contribution >= 4 is 11.6 Å². The summed E-state index contributed by atoms with van der Waals surface area (Å²) >= 11 is 0. The second-order valence-corrected chi connectivity index (χ2v) is 8.72. The molecule has 0 bridgehead atoms. The number of nitrogens with zero attached hydrogens (tertiary/aromatic N) is 2. The second-order valence-electron chi connectivity index (χ2n) is 8.72. The smallest absolute Gasteiger partial charge is 0.274 e. The summed E-state index contributed by atoms with van der Waals surface area (Å²) in [5.74, 6) is -4.31. The molecule has 3 aromatic rings. The van der Waals surface area contributed by atoms with E-state index in [2.05, 4.69) is 15.3 Å². The van der Waals surface area contributed by atoms with Gasteiger partial charge in [0.25, 0.3) is 5.91 Å². The van der Waals surface area contributed by atoms with Crippen molar-refractivity contribution < 1.29 is 32.5 Å². The minimum atomic E-state index is -1.23. The van der Waals surface area contributed by atoms with Crippen molar-refractivity contribution in [3.05, 3.63) is 71.4 Å². The number of ether oxygens (including phenoxy) is 2. The van der Waals surface area contributed by atoms with Gasteiger partial charge >= 0.3 is 0 Å². The molecule has 1 saturated heterocycles. The predicted molar refractivity (Wildman–Crippen MR) is 125 cm³/mol. The lowest BCUT2D eigenvalue weighted by Crippen LogP contribution is -2.58. The van der Waals surface area contributed by atoms with Crippen LogP contribution >= 0.6 is 0 Å². The highest BCUT2D eigenvalue weighted by Crippen LogP contribution is 2.38. The largest absolute Gasteiger partial charge is 0.494 e. The molecule has 1 aliphatic rings. The fourth-order valence-corrected chi connectivity index (χ4v) is 4.04. The van der Waals surface area contributed by atoms with E-state index in [0.717, 1.165) is 24.3 Å². The summed E-state index contributed by atoms with van der Waals surface area (Å²) in [6, 6.07) is 5.02. The average molecular weight is 502 g/mol. The van der Waals surface area contributed by atoms with Crippen LogP contribution in [0.15, 0.2) is 42.7 Å². The van der Waals surface area contributed by atoms with Gasteiger partial charge in [-0.05, 0) is 50.6 Å². The van der Waals surface area contributed by atoms with Gasteiger partial charge in [0.2, 0.25) is 0 Å². The Labute approximate surface area is 205 Å². The maximum atomic E-state index is 14.7. The molecule has 4 rings (SSSR count). The minimum Gasteiger partial charge on any atom is -0.494 e. The number of nitrogens with one attached hydrogen (secondary N) is 1. The van der Waals surface area contributed by atoms with E-state index < -0.39 is 58.5 Å². The van der Waals surface area contributed by atoms with Crippen molar-refractivity contribution in [1.29, 1.82) is 0 Å². The monoisotopic (exact) mass is 502 g/mol. The minimum absolute atomic E-state index is 0.275. The number of anilines is 1. The quantitative estimate of drug-likeness (QED) is 0.486. The Kier molecular flexibility index (Phi) is 6.98. The molecule has 1 fully saturated rings. The molecule has 0 radical (unpaired) electrons. The third-order valence-electron chi connectivity index (χ3n) is 6.45. The van der Waals surface area contributed by atoms with E-state index in [1.54, 1.807) is 19.9 Å². The normalized spacial score (nSPS) is 23.8. The number of pyridine rings is 2. The summed E-state index contributed by atoms with van der Waals surface area (Å²) < 4.78 is 54.5. The molecular formula is C25H25F3N4O4. The first kappa shape index (κ1) is 25.5. The van der Waals surface area contributed by atoms with E-state index in [1.807, 2.05) is 0 Å². The Morgan fingerprint density at radius 1 is 1.22 bits per heavy atom. The summed E-state index contributed by atoms with van der Waals surface area (Å²) in [5.41, 5.74) is 4.04. The van der Waals surface area contributed by atoms with E-state index in [4.69, 9.17) is 15.2 Å². The van der Waals surface area contributed by atoms with Gasteiger partial charge in [-0.3, -0.25) is 9.78 Å². The molecule has 2 aromatic heterocycles. The van der Waals surface area contributed by atoms with Crippen LogP contribution in [0.25, 0.3) is 11.3 Å². The van der Waals surface area contributed by atoms with Crippen LogP contribution in [0.3, 0.4) is 0 Å². The first-order valence-electron chi connectivity index (χ1n) is 11.1. The molecule has 1 amide bonds. The van der Waals surface area contributed by atoms with Gasteiger partial charge in [0, 0.05) is 17.8 Å². The summed E-state index contributed by atoms with van der Waals surface area (Å²) in [6.45, 7) is 3.30. The molecule has 0 spiro atoms. The Morgan fingerprint density at radius 2 is 1.94 bits per heavy atom. The van der Waals surface area contributed by atoms with E-state index >= 15 is 0 Å². The van der Waals surface area contributed by atoms with E-state index in [-0.39, 0.29) is 23.6 Å². The summed E-state index contributed by atoms with van der Waals surface area (Å²) in [6.07, 6.45) is 2.05. The molecule has 1 aliphatic heterocycles. The number of carbonyl (C=O) groups is 1. The molecule has 0 saturated carbocycles. The molecular weight excluding hydrogens is 477 g/mol. The maximum Gasteiger partial charge on any atom is 0.274 e. The fourth-order valence-electron chi connectivity index (χ4n) is 4.04. The van der Waals surface area contributed by atoms with Crippen LogP contribution in [-0.4, -0.2) is 45.8 Å². The van der Waals surface area contributed by atoms with Crippen molar-refractivity contribution in [2.75, 3.05) is 12.4 Å². The highest BCUT2D eigenvalue weighted by molar-refractivity contribution is 6.03. The zero-order chi connectivity index (χ0) is 26.2. The first-order chi connectivity index (χ1) is 17.0. The number of aliphatic hydroxyl groups is 1. The number of benzene rings is 1. The number of aromatic nitrogens is 2.